The first-order chi connectivity index (χ1) is 14.3. The molecule has 0 aliphatic heterocycles. The Hall–Kier alpha value is -2.97. The highest BCUT2D eigenvalue weighted by Gasteiger charge is 2.17. The van der Waals surface area contributed by atoms with Gasteiger partial charge >= 0.3 is 0 Å². The number of benzene rings is 2. The van der Waals surface area contributed by atoms with Crippen LogP contribution in [-0.2, 0) is 4.79 Å². The lowest BCUT2D eigenvalue weighted by Gasteiger charge is -2.12. The highest BCUT2D eigenvalue weighted by Crippen LogP contribution is 2.30. The van der Waals surface area contributed by atoms with Gasteiger partial charge in [0.15, 0.2) is 0 Å². The fourth-order valence-electron chi connectivity index (χ4n) is 2.48. The third-order valence-corrected chi connectivity index (χ3v) is 4.86. The van der Waals surface area contributed by atoms with Crippen LogP contribution in [-0.4, -0.2) is 23.3 Å². The van der Waals surface area contributed by atoms with Gasteiger partial charge in [0, 0.05) is 6.20 Å². The summed E-state index contributed by atoms with van der Waals surface area (Å²) in [6.07, 6.45) is 1.45. The molecule has 0 aliphatic carbocycles. The van der Waals surface area contributed by atoms with Crippen molar-refractivity contribution in [2.75, 3.05) is 11.9 Å². The van der Waals surface area contributed by atoms with Gasteiger partial charge in [-0.3, -0.25) is 9.59 Å². The van der Waals surface area contributed by atoms with Crippen LogP contribution in [0.4, 0.5) is 10.1 Å². The molecule has 0 atom stereocenters. The van der Waals surface area contributed by atoms with E-state index in [0.717, 1.165) is 5.56 Å². The van der Waals surface area contributed by atoms with Gasteiger partial charge in [0.2, 0.25) is 11.8 Å². The number of anilines is 1. The normalized spacial score (nSPS) is 10.4. The van der Waals surface area contributed by atoms with Gasteiger partial charge in [-0.05, 0) is 70.9 Å². The number of aryl methyl sites for hydroxylation is 1. The number of carbonyl (C=O) groups is 2. The van der Waals surface area contributed by atoms with E-state index < -0.39 is 17.6 Å². The first-order valence-corrected chi connectivity index (χ1v) is 9.92. The van der Waals surface area contributed by atoms with Gasteiger partial charge in [-0.25, -0.2) is 9.37 Å². The molecule has 2 amide bonds. The summed E-state index contributed by atoms with van der Waals surface area (Å²) in [5.41, 5.74) is 1.53. The molecule has 0 radical (unpaired) electrons. The minimum absolute atomic E-state index is 0.0179. The molecule has 6 nitrogen and oxygen atoms in total. The molecule has 0 bridgehead atoms. The van der Waals surface area contributed by atoms with Crippen molar-refractivity contribution in [3.8, 4) is 11.6 Å². The highest BCUT2D eigenvalue weighted by atomic mass is 79.9. The third kappa shape index (κ3) is 5.55. The second-order valence-electron chi connectivity index (χ2n) is 6.25. The fourth-order valence-corrected chi connectivity index (χ4v) is 3.19. The maximum atomic E-state index is 13.3. The van der Waals surface area contributed by atoms with Crippen LogP contribution in [0, 0.1) is 12.7 Å². The molecule has 0 saturated carbocycles. The molecule has 0 aliphatic rings. The minimum atomic E-state index is -0.554. The lowest BCUT2D eigenvalue weighted by Crippen LogP contribution is -2.33. The van der Waals surface area contributed by atoms with E-state index in [1.54, 1.807) is 18.2 Å². The summed E-state index contributed by atoms with van der Waals surface area (Å²) < 4.78 is 19.3. The molecule has 9 heteroatoms. The summed E-state index contributed by atoms with van der Waals surface area (Å²) in [7, 11) is 0. The van der Waals surface area contributed by atoms with Crippen LogP contribution in [0.2, 0.25) is 5.02 Å². The topological polar surface area (TPSA) is 80.3 Å². The third-order valence-electron chi connectivity index (χ3n) is 3.92. The Labute approximate surface area is 185 Å². The smallest absolute Gasteiger partial charge is 0.257 e. The number of carbonyl (C=O) groups excluding carboxylic acids is 2. The van der Waals surface area contributed by atoms with Crippen LogP contribution in [0.5, 0.6) is 11.6 Å². The molecule has 154 valence electrons. The molecule has 0 fully saturated rings. The van der Waals surface area contributed by atoms with E-state index in [9.17, 15) is 14.0 Å². The Bertz CT molecular complexity index is 1110. The predicted molar refractivity (Wildman–Crippen MR) is 116 cm³/mol. The minimum Gasteiger partial charge on any atom is -0.437 e. The number of aromatic nitrogens is 1. The molecule has 3 rings (SSSR count). The van der Waals surface area contributed by atoms with Gasteiger partial charge in [0.1, 0.15) is 17.1 Å². The molecule has 0 saturated heterocycles. The number of pyridine rings is 1. The number of amides is 2. The monoisotopic (exact) mass is 491 g/mol. The van der Waals surface area contributed by atoms with E-state index in [2.05, 4.69) is 31.5 Å². The van der Waals surface area contributed by atoms with Gasteiger partial charge in [0.25, 0.3) is 5.91 Å². The van der Waals surface area contributed by atoms with Crippen molar-refractivity contribution < 1.29 is 18.7 Å². The first kappa shape index (κ1) is 21.7. The summed E-state index contributed by atoms with van der Waals surface area (Å²) in [5, 5.41) is 5.56. The van der Waals surface area contributed by atoms with Gasteiger partial charge in [-0.2, -0.15) is 0 Å². The Balaban J connectivity index is 1.66. The molecule has 1 aromatic heterocycles. The quantitative estimate of drug-likeness (QED) is 0.501. The van der Waals surface area contributed by atoms with Gasteiger partial charge in [-0.1, -0.05) is 17.7 Å². The number of halogens is 3. The van der Waals surface area contributed by atoms with Crippen molar-refractivity contribution in [1.29, 1.82) is 0 Å². The molecule has 3 aromatic rings. The van der Waals surface area contributed by atoms with E-state index in [0.29, 0.717) is 15.2 Å². The Kier molecular flexibility index (Phi) is 7.02. The SMILES string of the molecule is Cc1ccc(NC(=O)CNC(=O)c2cccnc2Oc2ccc(F)cc2Br)c(Cl)c1. The molecule has 2 aromatic carbocycles. The zero-order valence-electron chi connectivity index (χ0n) is 15.7. The lowest BCUT2D eigenvalue weighted by atomic mass is 10.2. The van der Waals surface area contributed by atoms with E-state index in [1.165, 1.54) is 30.5 Å². The molecule has 1 heterocycles. The largest absolute Gasteiger partial charge is 0.437 e. The second kappa shape index (κ2) is 9.69. The summed E-state index contributed by atoms with van der Waals surface area (Å²) in [5.74, 6) is -1.13. The van der Waals surface area contributed by atoms with Gasteiger partial charge in [0.05, 0.1) is 21.7 Å². The molecule has 0 spiro atoms. The maximum Gasteiger partial charge on any atom is 0.257 e. The molecular weight excluding hydrogens is 477 g/mol. The number of nitrogens with zero attached hydrogens (tertiary/aromatic N) is 1. The zero-order chi connectivity index (χ0) is 21.7. The maximum absolute atomic E-state index is 13.3. The molecule has 0 unspecified atom stereocenters. The van der Waals surface area contributed by atoms with Crippen molar-refractivity contribution in [2.24, 2.45) is 0 Å². The van der Waals surface area contributed by atoms with Crippen molar-refractivity contribution in [3.63, 3.8) is 0 Å². The highest BCUT2D eigenvalue weighted by molar-refractivity contribution is 9.10. The zero-order valence-corrected chi connectivity index (χ0v) is 18.1. The van der Waals surface area contributed by atoms with Crippen LogP contribution in [0.15, 0.2) is 59.2 Å². The van der Waals surface area contributed by atoms with E-state index >= 15 is 0 Å². The van der Waals surface area contributed by atoms with Crippen molar-refractivity contribution >= 4 is 45.0 Å². The summed E-state index contributed by atoms with van der Waals surface area (Å²) in [6, 6.07) is 12.2. The van der Waals surface area contributed by atoms with Crippen LogP contribution in [0.25, 0.3) is 0 Å². The predicted octanol–water partition coefficient (Wildman–Crippen LogP) is 5.11. The van der Waals surface area contributed by atoms with Crippen LogP contribution < -0.4 is 15.4 Å². The lowest BCUT2D eigenvalue weighted by molar-refractivity contribution is -0.115. The summed E-state index contributed by atoms with van der Waals surface area (Å²) in [4.78, 5) is 28.8. The Morgan fingerprint density at radius 1 is 1.20 bits per heavy atom. The second-order valence-corrected chi connectivity index (χ2v) is 7.51. The number of ether oxygens (including phenoxy) is 1. The van der Waals surface area contributed by atoms with E-state index in [4.69, 9.17) is 16.3 Å². The molecular formula is C21H16BrClFN3O3. The molecule has 30 heavy (non-hydrogen) atoms. The Morgan fingerprint density at radius 2 is 2.00 bits per heavy atom. The number of rotatable bonds is 6. The average Bonchev–Trinajstić information content (AvgIpc) is 2.71. The first-order valence-electron chi connectivity index (χ1n) is 8.75. The van der Waals surface area contributed by atoms with Gasteiger partial charge < -0.3 is 15.4 Å². The van der Waals surface area contributed by atoms with Crippen molar-refractivity contribution in [1.82, 2.24) is 10.3 Å². The van der Waals surface area contributed by atoms with Crippen molar-refractivity contribution in [3.05, 3.63) is 81.2 Å². The number of nitrogens with one attached hydrogen (secondary N) is 2. The number of hydrogen-bond acceptors (Lipinski definition) is 4. The summed E-state index contributed by atoms with van der Waals surface area (Å²) in [6.45, 7) is 1.60. The average molecular weight is 493 g/mol. The standard InChI is InChI=1S/C21H16BrClFN3O3/c1-12-4-6-17(16(23)9-12)27-19(28)11-26-20(29)14-3-2-8-25-21(14)30-18-7-5-13(24)10-15(18)22/h2-10H,11H2,1H3,(H,26,29)(H,27,28). The van der Waals surface area contributed by atoms with Crippen molar-refractivity contribution in [2.45, 2.75) is 6.92 Å². The van der Waals surface area contributed by atoms with Crippen LogP contribution >= 0.6 is 27.5 Å². The Morgan fingerprint density at radius 3 is 2.73 bits per heavy atom. The molecule has 2 N–H and O–H groups in total. The van der Waals surface area contributed by atoms with Crippen LogP contribution in [0.1, 0.15) is 15.9 Å². The van der Waals surface area contributed by atoms with Crippen LogP contribution in [0.3, 0.4) is 0 Å². The van der Waals surface area contributed by atoms with E-state index in [1.807, 2.05) is 13.0 Å². The number of hydrogen-bond donors (Lipinski definition) is 2. The fraction of sp³-hybridized carbons (Fsp3) is 0.0952. The summed E-state index contributed by atoms with van der Waals surface area (Å²) >= 11 is 9.30. The van der Waals surface area contributed by atoms with Gasteiger partial charge in [-0.15, -0.1) is 0 Å². The van der Waals surface area contributed by atoms with E-state index in [-0.39, 0.29) is 23.7 Å².